The molecule has 1 heterocycles. The molecule has 0 N–H and O–H groups in total. The predicted molar refractivity (Wildman–Crippen MR) is 65.9 cm³/mol. The monoisotopic (exact) mass is 249 g/mol. The van der Waals surface area contributed by atoms with Crippen LogP contribution in [0.4, 0.5) is 4.39 Å². The smallest absolute Gasteiger partial charge is 0.165 e. The van der Waals surface area contributed by atoms with Crippen LogP contribution in [-0.2, 0) is 6.61 Å². The summed E-state index contributed by atoms with van der Waals surface area (Å²) in [5.41, 5.74) is 0.567. The summed E-state index contributed by atoms with van der Waals surface area (Å²) in [4.78, 5) is 4.15. The van der Waals surface area contributed by atoms with E-state index < -0.39 is 0 Å². The number of benzene rings is 1. The molecule has 0 aliphatic heterocycles. The second kappa shape index (κ2) is 5.16. The Labute approximate surface area is 105 Å². The number of aromatic nitrogens is 3. The van der Waals surface area contributed by atoms with Gasteiger partial charge in [-0.15, -0.1) is 0 Å². The van der Waals surface area contributed by atoms with E-state index >= 15 is 0 Å². The summed E-state index contributed by atoms with van der Waals surface area (Å²) in [6.07, 6.45) is 1.51. The molecular formula is C13H16FN3O. The summed E-state index contributed by atoms with van der Waals surface area (Å²) < 4.78 is 20.5. The molecule has 4 nitrogen and oxygen atoms in total. The molecule has 0 bridgehead atoms. The highest BCUT2D eigenvalue weighted by Crippen LogP contribution is 2.17. The maximum absolute atomic E-state index is 13.1. The van der Waals surface area contributed by atoms with Crippen molar-refractivity contribution in [3.05, 3.63) is 41.7 Å². The van der Waals surface area contributed by atoms with Gasteiger partial charge in [0.25, 0.3) is 0 Å². The van der Waals surface area contributed by atoms with E-state index in [0.717, 1.165) is 5.82 Å². The van der Waals surface area contributed by atoms with Crippen LogP contribution in [0.25, 0.3) is 0 Å². The molecule has 2 aromatic rings. The van der Waals surface area contributed by atoms with Crippen molar-refractivity contribution in [3.8, 4) is 5.75 Å². The molecule has 0 amide bonds. The van der Waals surface area contributed by atoms with Crippen molar-refractivity contribution in [1.29, 1.82) is 0 Å². The first kappa shape index (κ1) is 12.5. The fraction of sp³-hybridized carbons (Fsp3) is 0.385. The van der Waals surface area contributed by atoms with Crippen molar-refractivity contribution in [2.75, 3.05) is 0 Å². The van der Waals surface area contributed by atoms with Crippen LogP contribution in [0.3, 0.4) is 0 Å². The SMILES string of the molecule is Cc1cc(OCc2ncnn2C(C)C)ccc1F. The van der Waals surface area contributed by atoms with E-state index in [2.05, 4.69) is 10.1 Å². The highest BCUT2D eigenvalue weighted by atomic mass is 19.1. The standard InChI is InChI=1S/C13H16FN3O/c1-9(2)17-13(15-8-16-17)7-18-11-4-5-12(14)10(3)6-11/h4-6,8-9H,7H2,1-3H3. The van der Waals surface area contributed by atoms with Crippen LogP contribution in [0.15, 0.2) is 24.5 Å². The van der Waals surface area contributed by atoms with Crippen molar-refractivity contribution in [2.45, 2.75) is 33.4 Å². The molecule has 18 heavy (non-hydrogen) atoms. The zero-order valence-corrected chi connectivity index (χ0v) is 10.7. The molecule has 0 aliphatic rings. The number of nitrogens with zero attached hydrogens (tertiary/aromatic N) is 3. The minimum atomic E-state index is -0.229. The summed E-state index contributed by atoms with van der Waals surface area (Å²) in [6.45, 7) is 6.09. The van der Waals surface area contributed by atoms with Gasteiger partial charge in [0.1, 0.15) is 24.5 Å². The number of aryl methyl sites for hydroxylation is 1. The van der Waals surface area contributed by atoms with E-state index in [-0.39, 0.29) is 11.9 Å². The number of ether oxygens (including phenoxy) is 1. The molecule has 1 aromatic carbocycles. The zero-order valence-electron chi connectivity index (χ0n) is 10.7. The average molecular weight is 249 g/mol. The number of rotatable bonds is 4. The van der Waals surface area contributed by atoms with Crippen molar-refractivity contribution in [1.82, 2.24) is 14.8 Å². The van der Waals surface area contributed by atoms with Gasteiger partial charge in [-0.3, -0.25) is 0 Å². The molecule has 2 rings (SSSR count). The molecule has 5 heteroatoms. The van der Waals surface area contributed by atoms with Gasteiger partial charge in [0.15, 0.2) is 5.82 Å². The first-order valence-electron chi connectivity index (χ1n) is 5.85. The molecule has 0 saturated heterocycles. The van der Waals surface area contributed by atoms with Crippen LogP contribution >= 0.6 is 0 Å². The van der Waals surface area contributed by atoms with Gasteiger partial charge in [0, 0.05) is 6.04 Å². The normalized spacial score (nSPS) is 10.9. The van der Waals surface area contributed by atoms with Gasteiger partial charge in [0.2, 0.25) is 0 Å². The lowest BCUT2D eigenvalue weighted by atomic mass is 10.2. The number of hydrogen-bond acceptors (Lipinski definition) is 3. The Morgan fingerprint density at radius 2 is 2.17 bits per heavy atom. The molecule has 0 atom stereocenters. The van der Waals surface area contributed by atoms with Crippen LogP contribution in [0.2, 0.25) is 0 Å². The van der Waals surface area contributed by atoms with Crippen LogP contribution in [-0.4, -0.2) is 14.8 Å². The molecule has 0 fully saturated rings. The molecule has 0 aliphatic carbocycles. The third kappa shape index (κ3) is 2.67. The molecule has 0 saturated carbocycles. The highest BCUT2D eigenvalue weighted by molar-refractivity contribution is 5.28. The van der Waals surface area contributed by atoms with E-state index in [1.165, 1.54) is 12.4 Å². The Hall–Kier alpha value is -1.91. The molecule has 0 radical (unpaired) electrons. The maximum atomic E-state index is 13.1. The van der Waals surface area contributed by atoms with Crippen LogP contribution in [0.1, 0.15) is 31.3 Å². The van der Waals surface area contributed by atoms with Gasteiger partial charge < -0.3 is 4.74 Å². The third-order valence-corrected chi connectivity index (χ3v) is 2.63. The van der Waals surface area contributed by atoms with E-state index in [1.807, 2.05) is 13.8 Å². The zero-order chi connectivity index (χ0) is 13.1. The summed E-state index contributed by atoms with van der Waals surface area (Å²) >= 11 is 0. The van der Waals surface area contributed by atoms with Gasteiger partial charge in [-0.1, -0.05) is 0 Å². The maximum Gasteiger partial charge on any atom is 0.165 e. The van der Waals surface area contributed by atoms with Crippen LogP contribution in [0, 0.1) is 12.7 Å². The molecule has 96 valence electrons. The van der Waals surface area contributed by atoms with Crippen molar-refractivity contribution >= 4 is 0 Å². The summed E-state index contributed by atoms with van der Waals surface area (Å²) in [5, 5.41) is 4.13. The van der Waals surface area contributed by atoms with Gasteiger partial charge in [0.05, 0.1) is 0 Å². The number of halogens is 1. The molecule has 0 spiro atoms. The Morgan fingerprint density at radius 3 is 2.83 bits per heavy atom. The Balaban J connectivity index is 2.07. The quantitative estimate of drug-likeness (QED) is 0.836. The summed E-state index contributed by atoms with van der Waals surface area (Å²) in [6, 6.07) is 4.92. The van der Waals surface area contributed by atoms with Gasteiger partial charge in [-0.05, 0) is 44.5 Å². The topological polar surface area (TPSA) is 39.9 Å². The lowest BCUT2D eigenvalue weighted by Crippen LogP contribution is -2.10. The largest absolute Gasteiger partial charge is 0.486 e. The van der Waals surface area contributed by atoms with Gasteiger partial charge >= 0.3 is 0 Å². The highest BCUT2D eigenvalue weighted by Gasteiger charge is 2.08. The Bertz CT molecular complexity index is 537. The fourth-order valence-corrected chi connectivity index (χ4v) is 1.66. The lowest BCUT2D eigenvalue weighted by molar-refractivity contribution is 0.282. The molecule has 0 unspecified atom stereocenters. The lowest BCUT2D eigenvalue weighted by Gasteiger charge is -2.10. The van der Waals surface area contributed by atoms with Crippen molar-refractivity contribution in [3.63, 3.8) is 0 Å². The molecule has 1 aromatic heterocycles. The van der Waals surface area contributed by atoms with E-state index in [9.17, 15) is 4.39 Å². The first-order chi connectivity index (χ1) is 8.58. The van der Waals surface area contributed by atoms with E-state index in [4.69, 9.17) is 4.74 Å². The van der Waals surface area contributed by atoms with E-state index in [0.29, 0.717) is 17.9 Å². The predicted octanol–water partition coefficient (Wildman–Crippen LogP) is 2.89. The van der Waals surface area contributed by atoms with Crippen LogP contribution < -0.4 is 4.74 Å². The summed E-state index contributed by atoms with van der Waals surface area (Å²) in [5.74, 6) is 1.16. The van der Waals surface area contributed by atoms with Gasteiger partial charge in [-0.2, -0.15) is 5.10 Å². The number of hydrogen-bond donors (Lipinski definition) is 0. The first-order valence-corrected chi connectivity index (χ1v) is 5.85. The Morgan fingerprint density at radius 1 is 1.39 bits per heavy atom. The van der Waals surface area contributed by atoms with Crippen molar-refractivity contribution < 1.29 is 9.13 Å². The van der Waals surface area contributed by atoms with Gasteiger partial charge in [-0.25, -0.2) is 14.1 Å². The third-order valence-electron chi connectivity index (χ3n) is 2.63. The molecular weight excluding hydrogens is 233 g/mol. The minimum absolute atomic E-state index is 0.229. The minimum Gasteiger partial charge on any atom is -0.486 e. The van der Waals surface area contributed by atoms with Crippen molar-refractivity contribution in [2.24, 2.45) is 0 Å². The average Bonchev–Trinajstić information content (AvgIpc) is 2.79. The van der Waals surface area contributed by atoms with Crippen LogP contribution in [0.5, 0.6) is 5.75 Å². The second-order valence-corrected chi connectivity index (χ2v) is 4.41. The summed E-state index contributed by atoms with van der Waals surface area (Å²) in [7, 11) is 0. The van der Waals surface area contributed by atoms with E-state index in [1.54, 1.807) is 23.7 Å². The second-order valence-electron chi connectivity index (χ2n) is 4.41. The fourth-order valence-electron chi connectivity index (χ4n) is 1.66. The Kier molecular flexibility index (Phi) is 3.60.